The van der Waals surface area contributed by atoms with E-state index in [1.165, 1.54) is 0 Å². The Kier molecular flexibility index (Phi) is 2.56. The van der Waals surface area contributed by atoms with Crippen molar-refractivity contribution in [1.29, 1.82) is 0 Å². The molecular formula is C12H10N4OS. The molecule has 90 valence electrons. The Hall–Kier alpha value is -2.21. The van der Waals surface area contributed by atoms with E-state index in [1.54, 1.807) is 11.6 Å². The minimum Gasteiger partial charge on any atom is -0.497 e. The maximum Gasteiger partial charge on any atom is 0.216 e. The molecule has 0 fully saturated rings. The smallest absolute Gasteiger partial charge is 0.216 e. The van der Waals surface area contributed by atoms with Crippen LogP contribution in [0.5, 0.6) is 5.75 Å². The van der Waals surface area contributed by atoms with E-state index in [-0.39, 0.29) is 0 Å². The fourth-order valence-electron chi connectivity index (χ4n) is 1.72. The summed E-state index contributed by atoms with van der Waals surface area (Å²) < 4.78 is 7.22. The van der Waals surface area contributed by atoms with E-state index in [4.69, 9.17) is 17.0 Å². The van der Waals surface area contributed by atoms with Crippen LogP contribution in [0.15, 0.2) is 36.4 Å². The topological polar surface area (TPSA) is 55.2 Å². The van der Waals surface area contributed by atoms with Crippen molar-refractivity contribution < 1.29 is 4.74 Å². The average Bonchev–Trinajstić information content (AvgIpc) is 2.80. The zero-order valence-electron chi connectivity index (χ0n) is 9.62. The number of fused-ring (bicyclic) bond motifs is 1. The van der Waals surface area contributed by atoms with Crippen molar-refractivity contribution in [3.05, 3.63) is 41.2 Å². The monoisotopic (exact) mass is 258 g/mol. The van der Waals surface area contributed by atoms with Gasteiger partial charge in [-0.2, -0.15) is 14.7 Å². The number of H-pyrrole nitrogens is 1. The molecular weight excluding hydrogens is 248 g/mol. The molecule has 0 unspecified atom stereocenters. The summed E-state index contributed by atoms with van der Waals surface area (Å²) >= 11 is 5.10. The Balaban J connectivity index is 2.12. The van der Waals surface area contributed by atoms with Gasteiger partial charge in [-0.3, -0.25) is 0 Å². The van der Waals surface area contributed by atoms with Crippen LogP contribution in [0.25, 0.3) is 16.9 Å². The van der Waals surface area contributed by atoms with Crippen LogP contribution in [0.2, 0.25) is 0 Å². The number of methoxy groups -OCH3 is 1. The average molecular weight is 258 g/mol. The van der Waals surface area contributed by atoms with Gasteiger partial charge in [-0.25, -0.2) is 5.10 Å². The second-order valence-corrected chi connectivity index (χ2v) is 4.13. The molecule has 0 saturated carbocycles. The molecule has 3 aromatic rings. The van der Waals surface area contributed by atoms with Crippen LogP contribution in [0.1, 0.15) is 0 Å². The second-order valence-electron chi connectivity index (χ2n) is 3.75. The lowest BCUT2D eigenvalue weighted by atomic mass is 10.1. The molecule has 2 aromatic heterocycles. The van der Waals surface area contributed by atoms with E-state index < -0.39 is 0 Å². The number of rotatable bonds is 2. The van der Waals surface area contributed by atoms with Crippen LogP contribution in [-0.2, 0) is 0 Å². The van der Waals surface area contributed by atoms with Crippen LogP contribution in [-0.4, -0.2) is 26.9 Å². The molecule has 5 nitrogen and oxygen atoms in total. The Morgan fingerprint density at radius 1 is 1.17 bits per heavy atom. The fourth-order valence-corrected chi connectivity index (χ4v) is 1.90. The first-order valence-electron chi connectivity index (χ1n) is 5.37. The van der Waals surface area contributed by atoms with Gasteiger partial charge in [-0.05, 0) is 48.6 Å². The molecule has 0 aliphatic carbocycles. The molecule has 6 heteroatoms. The van der Waals surface area contributed by atoms with Gasteiger partial charge in [0.1, 0.15) is 5.75 Å². The van der Waals surface area contributed by atoms with Crippen molar-refractivity contribution in [3.8, 4) is 17.0 Å². The van der Waals surface area contributed by atoms with E-state index in [0.29, 0.717) is 10.4 Å². The summed E-state index contributed by atoms with van der Waals surface area (Å²) in [5, 5.41) is 11.2. The molecule has 0 radical (unpaired) electrons. The van der Waals surface area contributed by atoms with Crippen molar-refractivity contribution in [2.75, 3.05) is 7.11 Å². The maximum absolute atomic E-state index is 5.12. The Morgan fingerprint density at radius 2 is 1.94 bits per heavy atom. The highest BCUT2D eigenvalue weighted by molar-refractivity contribution is 7.71. The van der Waals surface area contributed by atoms with E-state index in [1.807, 2.05) is 36.4 Å². The lowest BCUT2D eigenvalue weighted by Crippen LogP contribution is -1.94. The number of benzene rings is 1. The van der Waals surface area contributed by atoms with Crippen molar-refractivity contribution in [2.24, 2.45) is 0 Å². The molecule has 1 N–H and O–H groups in total. The molecule has 0 aliphatic heterocycles. The summed E-state index contributed by atoms with van der Waals surface area (Å²) in [4.78, 5) is 0. The first-order chi connectivity index (χ1) is 8.78. The summed E-state index contributed by atoms with van der Waals surface area (Å²) in [6, 6.07) is 11.5. The minimum atomic E-state index is 0.486. The number of hydrogen-bond donors (Lipinski definition) is 1. The van der Waals surface area contributed by atoms with Crippen LogP contribution in [0.4, 0.5) is 0 Å². The zero-order chi connectivity index (χ0) is 12.5. The van der Waals surface area contributed by atoms with Crippen LogP contribution >= 0.6 is 12.2 Å². The maximum atomic E-state index is 5.12. The lowest BCUT2D eigenvalue weighted by Gasteiger charge is -2.03. The summed E-state index contributed by atoms with van der Waals surface area (Å²) in [6.07, 6.45) is 0. The Bertz CT molecular complexity index is 745. The molecule has 0 spiro atoms. The largest absolute Gasteiger partial charge is 0.497 e. The second kappa shape index (κ2) is 4.23. The van der Waals surface area contributed by atoms with Gasteiger partial charge in [-0.15, -0.1) is 0 Å². The first kappa shape index (κ1) is 10.9. The zero-order valence-corrected chi connectivity index (χ0v) is 10.4. The standard InChI is InChI=1S/C12H10N4OS/c1-17-9-4-2-8(3-5-9)10-6-7-11-13-14-12(18)16(11)15-10/h2-7H,1H3,(H,14,18). The number of aromatic nitrogens is 4. The van der Waals surface area contributed by atoms with E-state index in [9.17, 15) is 0 Å². The third-order valence-corrected chi connectivity index (χ3v) is 2.92. The molecule has 0 atom stereocenters. The van der Waals surface area contributed by atoms with Gasteiger partial charge in [0.25, 0.3) is 0 Å². The Morgan fingerprint density at radius 3 is 2.67 bits per heavy atom. The van der Waals surface area contributed by atoms with E-state index in [2.05, 4.69) is 15.3 Å². The van der Waals surface area contributed by atoms with Crippen LogP contribution in [0, 0.1) is 4.77 Å². The molecule has 18 heavy (non-hydrogen) atoms. The number of ether oxygens (including phenoxy) is 1. The molecule has 0 saturated heterocycles. The summed E-state index contributed by atoms with van der Waals surface area (Å²) in [5.41, 5.74) is 2.54. The van der Waals surface area contributed by atoms with E-state index >= 15 is 0 Å². The predicted molar refractivity (Wildman–Crippen MR) is 70.2 cm³/mol. The highest BCUT2D eigenvalue weighted by atomic mass is 32.1. The third kappa shape index (κ3) is 1.76. The Labute approximate surface area is 108 Å². The number of hydrogen-bond acceptors (Lipinski definition) is 4. The van der Waals surface area contributed by atoms with E-state index in [0.717, 1.165) is 17.0 Å². The minimum absolute atomic E-state index is 0.486. The highest BCUT2D eigenvalue weighted by Gasteiger charge is 2.03. The highest BCUT2D eigenvalue weighted by Crippen LogP contribution is 2.20. The molecule has 3 rings (SSSR count). The van der Waals surface area contributed by atoms with Gasteiger partial charge in [0.15, 0.2) is 5.65 Å². The molecule has 0 amide bonds. The lowest BCUT2D eigenvalue weighted by molar-refractivity contribution is 0.415. The number of nitrogens with one attached hydrogen (secondary N) is 1. The molecule has 0 aliphatic rings. The van der Waals surface area contributed by atoms with Gasteiger partial charge in [-0.1, -0.05) is 0 Å². The van der Waals surface area contributed by atoms with Crippen molar-refractivity contribution in [1.82, 2.24) is 19.8 Å². The fraction of sp³-hybridized carbons (Fsp3) is 0.0833. The summed E-state index contributed by atoms with van der Waals surface area (Å²) in [5.74, 6) is 0.819. The van der Waals surface area contributed by atoms with Crippen molar-refractivity contribution in [3.63, 3.8) is 0 Å². The number of nitrogens with zero attached hydrogens (tertiary/aromatic N) is 3. The van der Waals surface area contributed by atoms with Gasteiger partial charge in [0.2, 0.25) is 4.77 Å². The van der Waals surface area contributed by atoms with Crippen molar-refractivity contribution >= 4 is 17.9 Å². The SMILES string of the molecule is COc1ccc(-c2ccc3n[nH]c(=S)n3n2)cc1. The normalized spacial score (nSPS) is 10.7. The van der Waals surface area contributed by atoms with Gasteiger partial charge in [0.05, 0.1) is 12.8 Å². The van der Waals surface area contributed by atoms with Gasteiger partial charge in [0, 0.05) is 5.56 Å². The molecule has 1 aromatic carbocycles. The van der Waals surface area contributed by atoms with Crippen LogP contribution < -0.4 is 4.74 Å². The van der Waals surface area contributed by atoms with Crippen molar-refractivity contribution in [2.45, 2.75) is 0 Å². The quantitative estimate of drug-likeness (QED) is 0.717. The van der Waals surface area contributed by atoms with Crippen LogP contribution in [0.3, 0.4) is 0 Å². The predicted octanol–water partition coefficient (Wildman–Crippen LogP) is 2.46. The first-order valence-corrected chi connectivity index (χ1v) is 5.77. The number of aromatic amines is 1. The van der Waals surface area contributed by atoms with Gasteiger partial charge >= 0.3 is 0 Å². The third-order valence-electron chi connectivity index (χ3n) is 2.66. The molecule has 0 bridgehead atoms. The summed E-state index contributed by atoms with van der Waals surface area (Å²) in [6.45, 7) is 0. The summed E-state index contributed by atoms with van der Waals surface area (Å²) in [7, 11) is 1.64. The van der Waals surface area contributed by atoms with Gasteiger partial charge < -0.3 is 4.74 Å². The molecule has 2 heterocycles.